The Bertz CT molecular complexity index is 1480. The molecule has 3 aliphatic carbocycles. The number of aromatic hydroxyl groups is 1. The Labute approximate surface area is 246 Å². The number of primary amides is 1. The Morgan fingerprint density at radius 1 is 1.12 bits per heavy atom. The maximum absolute atomic E-state index is 14.0. The maximum Gasteiger partial charge on any atom is 0.255 e. The first-order valence-electron chi connectivity index (χ1n) is 13.8. The van der Waals surface area contributed by atoms with Crippen molar-refractivity contribution in [3.05, 3.63) is 45.9 Å². The highest BCUT2D eigenvalue weighted by Crippen LogP contribution is 2.56. The molecule has 1 aliphatic heterocycles. The summed E-state index contributed by atoms with van der Waals surface area (Å²) in [6.45, 7) is 3.17. The van der Waals surface area contributed by atoms with Gasteiger partial charge in [-0.1, -0.05) is 13.0 Å². The van der Waals surface area contributed by atoms with Gasteiger partial charge in [0, 0.05) is 37.7 Å². The molecule has 0 saturated carbocycles. The van der Waals surface area contributed by atoms with Crippen molar-refractivity contribution in [3.63, 3.8) is 0 Å². The largest absolute Gasteiger partial charge is 0.510 e. The van der Waals surface area contributed by atoms with E-state index in [2.05, 4.69) is 5.32 Å². The predicted molar refractivity (Wildman–Crippen MR) is 148 cm³/mol. The number of fused-ring (bicyclic) bond motifs is 3. The number of nitrogens with one attached hydrogen (secondary N) is 1. The quantitative estimate of drug-likeness (QED) is 0.143. The van der Waals surface area contributed by atoms with Gasteiger partial charge in [0.1, 0.15) is 17.1 Å². The van der Waals surface area contributed by atoms with E-state index in [0.717, 1.165) is 5.06 Å². The summed E-state index contributed by atoms with van der Waals surface area (Å²) < 4.78 is 0. The number of hydrogen-bond acceptors (Lipinski definition) is 13. The molecular weight excluding hydrogens is 566 g/mol. The number of benzene rings is 1. The van der Waals surface area contributed by atoms with E-state index in [9.17, 15) is 49.9 Å². The zero-order chi connectivity index (χ0) is 31.7. The second-order valence-electron chi connectivity index (χ2n) is 11.8. The van der Waals surface area contributed by atoms with E-state index in [0.29, 0.717) is 26.2 Å². The summed E-state index contributed by atoms with van der Waals surface area (Å²) in [5, 5.41) is 70.2. The zero-order valence-corrected chi connectivity index (χ0v) is 23.8. The van der Waals surface area contributed by atoms with E-state index >= 15 is 0 Å². The Morgan fingerprint density at radius 2 is 1.74 bits per heavy atom. The SMILES string of the molecule is CC1c2ccc(NC(=O)CN3CCN(O)CC3)c(O)c2C(=O)C2=C(O)[C@]3(O)C(=O)C(C(N)=O)=C(O)[C@@H](N(C)C)C3C(O)C21. The minimum atomic E-state index is -3.01. The van der Waals surface area contributed by atoms with E-state index in [-0.39, 0.29) is 23.4 Å². The lowest BCUT2D eigenvalue weighted by molar-refractivity contribution is -0.162. The number of carbonyl (C=O) groups excluding carboxylic acids is 4. The molecule has 0 bridgehead atoms. The number of hydroxylamine groups is 2. The average Bonchev–Trinajstić information content (AvgIpc) is 2.93. The predicted octanol–water partition coefficient (Wildman–Crippen LogP) is -1.40. The summed E-state index contributed by atoms with van der Waals surface area (Å²) in [7, 11) is 2.92. The van der Waals surface area contributed by atoms with E-state index in [1.807, 2.05) is 0 Å². The molecular formula is C28H35N5O10. The summed E-state index contributed by atoms with van der Waals surface area (Å²) in [4.78, 5) is 55.5. The fourth-order valence-corrected chi connectivity index (χ4v) is 7.01. The number of likely N-dealkylation sites (N-methyl/N-ethyl adjacent to an activating group) is 1. The molecule has 1 aromatic carbocycles. The molecule has 6 atom stereocenters. The Kier molecular flexibility index (Phi) is 7.61. The van der Waals surface area contributed by atoms with Crippen LogP contribution in [0.4, 0.5) is 5.69 Å². The third kappa shape index (κ3) is 4.51. The first-order valence-corrected chi connectivity index (χ1v) is 13.8. The molecule has 9 N–H and O–H groups in total. The van der Waals surface area contributed by atoms with Gasteiger partial charge in [-0.25, -0.2) is 0 Å². The van der Waals surface area contributed by atoms with Gasteiger partial charge in [0.05, 0.1) is 35.9 Å². The van der Waals surface area contributed by atoms with Crippen LogP contribution in [0.3, 0.4) is 0 Å². The molecule has 4 unspecified atom stereocenters. The van der Waals surface area contributed by atoms with Crippen LogP contribution < -0.4 is 11.1 Å². The van der Waals surface area contributed by atoms with Gasteiger partial charge < -0.3 is 41.8 Å². The van der Waals surface area contributed by atoms with Gasteiger partial charge in [0.25, 0.3) is 5.91 Å². The Balaban J connectivity index is 1.57. The van der Waals surface area contributed by atoms with Crippen LogP contribution in [0.25, 0.3) is 0 Å². The van der Waals surface area contributed by atoms with Crippen molar-refractivity contribution in [3.8, 4) is 5.75 Å². The summed E-state index contributed by atoms with van der Waals surface area (Å²) >= 11 is 0. The molecule has 43 heavy (non-hydrogen) atoms. The van der Waals surface area contributed by atoms with E-state index < -0.39 is 87.3 Å². The number of nitrogens with two attached hydrogens (primary N) is 1. The maximum atomic E-state index is 14.0. The zero-order valence-electron chi connectivity index (χ0n) is 23.8. The summed E-state index contributed by atoms with van der Waals surface area (Å²) in [5.41, 5.74) is 0.707. The highest BCUT2D eigenvalue weighted by molar-refractivity contribution is 6.25. The number of aliphatic hydroxyl groups excluding tert-OH is 3. The minimum absolute atomic E-state index is 0.0406. The van der Waals surface area contributed by atoms with Crippen LogP contribution in [0.1, 0.15) is 28.8 Å². The van der Waals surface area contributed by atoms with Crippen molar-refractivity contribution < 1.29 is 49.9 Å². The molecule has 0 spiro atoms. The Hall–Kier alpha value is -3.86. The number of nitrogens with zero attached hydrogens (tertiary/aromatic N) is 3. The lowest BCUT2D eigenvalue weighted by atomic mass is 9.55. The number of aliphatic hydroxyl groups is 4. The van der Waals surface area contributed by atoms with Crippen LogP contribution in [0.2, 0.25) is 0 Å². The van der Waals surface area contributed by atoms with Crippen molar-refractivity contribution in [1.29, 1.82) is 0 Å². The van der Waals surface area contributed by atoms with Crippen LogP contribution in [0.5, 0.6) is 5.75 Å². The minimum Gasteiger partial charge on any atom is -0.510 e. The van der Waals surface area contributed by atoms with Crippen LogP contribution in [0, 0.1) is 11.8 Å². The van der Waals surface area contributed by atoms with Gasteiger partial charge in [-0.15, -0.1) is 0 Å². The molecule has 232 valence electrons. The molecule has 2 amide bonds. The molecule has 1 heterocycles. The molecule has 1 saturated heterocycles. The van der Waals surface area contributed by atoms with Crippen molar-refractivity contribution in [2.75, 3.05) is 52.1 Å². The number of ketones is 2. The number of amides is 2. The number of Topliss-reactive ketones (excluding diaryl/α,β-unsaturated/α-hetero) is 2. The van der Waals surface area contributed by atoms with Crippen LogP contribution in [-0.4, -0.2) is 134 Å². The number of hydrogen-bond donors (Lipinski definition) is 8. The third-order valence-corrected chi connectivity index (χ3v) is 9.12. The standard InChI is InChI=1S/C28H35N5O10/c1-11-12-4-5-13(30-14(34)10-32-6-8-33(43)9-7-32)21(35)16(12)22(36)17-15(11)23(37)19-20(31(2)3)24(38)18(27(29)41)26(40)28(19,42)25(17)39/h4-5,11,15,19-20,23,35,37-39,42-43H,6-10H2,1-3H3,(H2,29,41)(H,30,34)/t11?,15?,19?,20-,23?,28-/m0/s1. The van der Waals surface area contributed by atoms with Gasteiger partial charge in [0.15, 0.2) is 17.1 Å². The lowest BCUT2D eigenvalue weighted by Crippen LogP contribution is -2.68. The van der Waals surface area contributed by atoms with Gasteiger partial charge in [0.2, 0.25) is 11.7 Å². The average molecular weight is 602 g/mol. The number of rotatable bonds is 5. The highest BCUT2D eigenvalue weighted by Gasteiger charge is 2.67. The normalized spacial score (nSPS) is 31.6. The second kappa shape index (κ2) is 10.7. The second-order valence-corrected chi connectivity index (χ2v) is 11.8. The first-order chi connectivity index (χ1) is 20.1. The van der Waals surface area contributed by atoms with Crippen molar-refractivity contribution in [1.82, 2.24) is 14.9 Å². The van der Waals surface area contributed by atoms with Gasteiger partial charge in [-0.05, 0) is 31.6 Å². The fraction of sp³-hybridized carbons (Fsp3) is 0.500. The number of piperazine rings is 1. The monoisotopic (exact) mass is 601 g/mol. The lowest BCUT2D eigenvalue weighted by Gasteiger charge is -2.53. The first kappa shape index (κ1) is 30.6. The van der Waals surface area contributed by atoms with Crippen LogP contribution in [-0.2, 0) is 14.4 Å². The van der Waals surface area contributed by atoms with Crippen LogP contribution >= 0.6 is 0 Å². The molecule has 0 radical (unpaired) electrons. The summed E-state index contributed by atoms with van der Waals surface area (Å²) in [5.74, 6) is -10.4. The van der Waals surface area contributed by atoms with E-state index in [1.165, 1.54) is 31.1 Å². The molecule has 1 aromatic rings. The summed E-state index contributed by atoms with van der Waals surface area (Å²) in [6.07, 6.45) is -1.70. The van der Waals surface area contributed by atoms with Gasteiger partial charge in [-0.3, -0.25) is 29.0 Å². The number of anilines is 1. The molecule has 4 aliphatic rings. The molecule has 1 fully saturated rings. The van der Waals surface area contributed by atoms with Crippen molar-refractivity contribution >= 4 is 29.1 Å². The molecule has 15 heteroatoms. The van der Waals surface area contributed by atoms with E-state index in [4.69, 9.17) is 5.73 Å². The topological polar surface area (TPSA) is 237 Å². The van der Waals surface area contributed by atoms with Crippen molar-refractivity contribution in [2.45, 2.75) is 30.6 Å². The van der Waals surface area contributed by atoms with Gasteiger partial charge in [-0.2, -0.15) is 5.06 Å². The number of phenols is 1. The van der Waals surface area contributed by atoms with Crippen molar-refractivity contribution in [2.24, 2.45) is 17.6 Å². The number of phenolic OH excluding ortho intramolecular Hbond substituents is 1. The number of carbonyl (C=O) groups is 4. The third-order valence-electron chi connectivity index (χ3n) is 9.12. The smallest absolute Gasteiger partial charge is 0.255 e. The van der Waals surface area contributed by atoms with Crippen LogP contribution in [0.15, 0.2) is 34.8 Å². The molecule has 0 aromatic heterocycles. The summed E-state index contributed by atoms with van der Waals surface area (Å²) in [6, 6.07) is 1.55. The molecule has 15 nitrogen and oxygen atoms in total. The fourth-order valence-electron chi connectivity index (χ4n) is 7.01. The molecule has 5 rings (SSSR count). The highest BCUT2D eigenvalue weighted by atomic mass is 16.5. The van der Waals surface area contributed by atoms with E-state index in [1.54, 1.807) is 11.8 Å². The Morgan fingerprint density at radius 3 is 2.33 bits per heavy atom. The van der Waals surface area contributed by atoms with Gasteiger partial charge >= 0.3 is 0 Å².